The van der Waals surface area contributed by atoms with Gasteiger partial charge in [-0.2, -0.15) is 0 Å². The van der Waals surface area contributed by atoms with Crippen LogP contribution in [0.15, 0.2) is 0 Å². The van der Waals surface area contributed by atoms with Crippen LogP contribution in [0.3, 0.4) is 0 Å². The Morgan fingerprint density at radius 1 is 1.56 bits per heavy atom. The molecule has 1 fully saturated rings. The lowest BCUT2D eigenvalue weighted by molar-refractivity contribution is -0.144. The third-order valence-corrected chi connectivity index (χ3v) is 3.29. The molecule has 2 N–H and O–H groups in total. The highest BCUT2D eigenvalue weighted by molar-refractivity contribution is 5.78. The Bertz CT molecular complexity index is 269. The third-order valence-electron chi connectivity index (χ3n) is 3.29. The quantitative estimate of drug-likeness (QED) is 0.568. The van der Waals surface area contributed by atoms with E-state index >= 15 is 0 Å². The van der Waals surface area contributed by atoms with Gasteiger partial charge in [-0.3, -0.25) is 4.79 Å². The average molecular weight is 258 g/mol. The molecule has 18 heavy (non-hydrogen) atoms. The van der Waals surface area contributed by atoms with Gasteiger partial charge in [0.1, 0.15) is 5.54 Å². The number of carbonyl (C=O) groups is 1. The first-order valence-corrected chi connectivity index (χ1v) is 6.72. The topological polar surface area (TPSA) is 61.8 Å². The second kappa shape index (κ2) is 7.07. The van der Waals surface area contributed by atoms with Gasteiger partial charge in [0.05, 0.1) is 6.61 Å². The van der Waals surface area contributed by atoms with E-state index in [0.29, 0.717) is 19.7 Å². The number of nitrogens with one attached hydrogen (secondary N) is 1. The van der Waals surface area contributed by atoms with Crippen molar-refractivity contribution in [3.63, 3.8) is 0 Å². The van der Waals surface area contributed by atoms with Crippen molar-refractivity contribution in [2.75, 3.05) is 39.9 Å². The maximum absolute atomic E-state index is 11.3. The van der Waals surface area contributed by atoms with E-state index in [9.17, 15) is 9.90 Å². The zero-order valence-corrected chi connectivity index (χ0v) is 11.7. The lowest BCUT2D eigenvalue weighted by Crippen LogP contribution is -2.56. The molecule has 0 aromatic rings. The summed E-state index contributed by atoms with van der Waals surface area (Å²) >= 11 is 0. The van der Waals surface area contributed by atoms with E-state index in [1.54, 1.807) is 6.92 Å². The van der Waals surface area contributed by atoms with Gasteiger partial charge in [0, 0.05) is 19.7 Å². The SMILES string of the molecule is CCNC(C)(CN(C)CCOCC1CC1)C(=O)O. The largest absolute Gasteiger partial charge is 0.480 e. The molecule has 0 aromatic heterocycles. The average Bonchev–Trinajstić information content (AvgIpc) is 3.08. The van der Waals surface area contributed by atoms with E-state index < -0.39 is 11.5 Å². The number of likely N-dealkylation sites (N-methyl/N-ethyl adjacent to an activating group) is 2. The molecule has 0 spiro atoms. The summed E-state index contributed by atoms with van der Waals surface area (Å²) in [5.74, 6) is -0.0311. The van der Waals surface area contributed by atoms with Crippen LogP contribution in [0.1, 0.15) is 26.7 Å². The molecule has 1 saturated carbocycles. The van der Waals surface area contributed by atoms with Gasteiger partial charge in [0.25, 0.3) is 0 Å². The lowest BCUT2D eigenvalue weighted by atomic mass is 10.0. The van der Waals surface area contributed by atoms with Crippen molar-refractivity contribution in [1.82, 2.24) is 10.2 Å². The minimum Gasteiger partial charge on any atom is -0.480 e. The predicted octanol–water partition coefficient (Wildman–Crippen LogP) is 0.798. The number of hydrogen-bond donors (Lipinski definition) is 2. The number of rotatable bonds is 10. The Hall–Kier alpha value is -0.650. The van der Waals surface area contributed by atoms with E-state index in [0.717, 1.165) is 19.1 Å². The van der Waals surface area contributed by atoms with Crippen molar-refractivity contribution < 1.29 is 14.6 Å². The van der Waals surface area contributed by atoms with Crippen molar-refractivity contribution in [2.24, 2.45) is 5.92 Å². The van der Waals surface area contributed by atoms with Gasteiger partial charge in [-0.05, 0) is 39.3 Å². The summed E-state index contributed by atoms with van der Waals surface area (Å²) in [6.07, 6.45) is 2.60. The van der Waals surface area contributed by atoms with Crippen LogP contribution < -0.4 is 5.32 Å². The lowest BCUT2D eigenvalue weighted by Gasteiger charge is -2.30. The number of hydrogen-bond acceptors (Lipinski definition) is 4. The first-order valence-electron chi connectivity index (χ1n) is 6.72. The van der Waals surface area contributed by atoms with Gasteiger partial charge in [0.2, 0.25) is 0 Å². The number of ether oxygens (including phenoxy) is 1. The molecule has 0 radical (unpaired) electrons. The third kappa shape index (κ3) is 5.33. The highest BCUT2D eigenvalue weighted by Gasteiger charge is 2.33. The molecule has 1 aliphatic rings. The predicted molar refractivity (Wildman–Crippen MR) is 70.8 cm³/mol. The van der Waals surface area contributed by atoms with E-state index in [2.05, 4.69) is 5.32 Å². The van der Waals surface area contributed by atoms with Crippen molar-refractivity contribution in [3.8, 4) is 0 Å². The van der Waals surface area contributed by atoms with Gasteiger partial charge in [-0.25, -0.2) is 0 Å². The van der Waals surface area contributed by atoms with Crippen molar-refractivity contribution in [3.05, 3.63) is 0 Å². The summed E-state index contributed by atoms with van der Waals surface area (Å²) < 4.78 is 5.55. The molecule has 0 aliphatic heterocycles. The summed E-state index contributed by atoms with van der Waals surface area (Å²) in [5, 5.41) is 12.3. The molecule has 0 aromatic carbocycles. The fourth-order valence-corrected chi connectivity index (χ4v) is 1.96. The minimum atomic E-state index is -0.889. The Morgan fingerprint density at radius 2 is 2.22 bits per heavy atom. The molecule has 0 heterocycles. The Kier molecular flexibility index (Phi) is 6.05. The van der Waals surface area contributed by atoms with Gasteiger partial charge in [-0.15, -0.1) is 0 Å². The smallest absolute Gasteiger partial charge is 0.324 e. The first-order chi connectivity index (χ1) is 8.48. The van der Waals surface area contributed by atoms with Crippen molar-refractivity contribution >= 4 is 5.97 Å². The number of carboxylic acid groups (broad SMARTS) is 1. The summed E-state index contributed by atoms with van der Waals surface area (Å²) in [5.41, 5.74) is -0.889. The maximum atomic E-state index is 11.3. The molecular weight excluding hydrogens is 232 g/mol. The molecule has 5 heteroatoms. The van der Waals surface area contributed by atoms with Gasteiger partial charge in [0.15, 0.2) is 0 Å². The van der Waals surface area contributed by atoms with Gasteiger partial charge >= 0.3 is 5.97 Å². The highest BCUT2D eigenvalue weighted by atomic mass is 16.5. The Balaban J connectivity index is 2.21. The number of nitrogens with zero attached hydrogens (tertiary/aromatic N) is 1. The Labute approximate surface area is 109 Å². The fourth-order valence-electron chi connectivity index (χ4n) is 1.96. The first kappa shape index (κ1) is 15.4. The molecule has 0 saturated heterocycles. The zero-order valence-electron chi connectivity index (χ0n) is 11.7. The van der Waals surface area contributed by atoms with Gasteiger partial charge < -0.3 is 20.1 Å². The second-order valence-corrected chi connectivity index (χ2v) is 5.42. The van der Waals surface area contributed by atoms with E-state index in [1.165, 1.54) is 12.8 Å². The molecule has 0 amide bonds. The van der Waals surface area contributed by atoms with Crippen LogP contribution in [-0.4, -0.2) is 61.4 Å². The zero-order chi connectivity index (χ0) is 13.6. The summed E-state index contributed by atoms with van der Waals surface area (Å²) in [6, 6.07) is 0. The monoisotopic (exact) mass is 258 g/mol. The molecule has 0 bridgehead atoms. The van der Waals surface area contributed by atoms with E-state index in [4.69, 9.17) is 4.74 Å². The van der Waals surface area contributed by atoms with Crippen LogP contribution in [-0.2, 0) is 9.53 Å². The van der Waals surface area contributed by atoms with Crippen LogP contribution >= 0.6 is 0 Å². The number of aliphatic carboxylic acids is 1. The van der Waals surface area contributed by atoms with Crippen LogP contribution in [0.5, 0.6) is 0 Å². The standard InChI is InChI=1S/C13H26N2O3/c1-4-14-13(2,12(16)17)10-15(3)7-8-18-9-11-5-6-11/h11,14H,4-10H2,1-3H3,(H,16,17). The summed E-state index contributed by atoms with van der Waals surface area (Å²) in [6.45, 7) is 7.06. The molecule has 106 valence electrons. The minimum absolute atomic E-state index is 0.475. The molecular formula is C13H26N2O3. The second-order valence-electron chi connectivity index (χ2n) is 5.42. The van der Waals surface area contributed by atoms with Crippen molar-refractivity contribution in [1.29, 1.82) is 0 Å². The molecule has 1 aliphatic carbocycles. The normalized spacial score (nSPS) is 18.9. The summed E-state index contributed by atoms with van der Waals surface area (Å²) in [7, 11) is 1.93. The maximum Gasteiger partial charge on any atom is 0.324 e. The Morgan fingerprint density at radius 3 is 2.72 bits per heavy atom. The number of carboxylic acids is 1. The van der Waals surface area contributed by atoms with E-state index in [-0.39, 0.29) is 0 Å². The van der Waals surface area contributed by atoms with Crippen molar-refractivity contribution in [2.45, 2.75) is 32.2 Å². The van der Waals surface area contributed by atoms with E-state index in [1.807, 2.05) is 18.9 Å². The van der Waals surface area contributed by atoms with Crippen LogP contribution in [0, 0.1) is 5.92 Å². The fraction of sp³-hybridized carbons (Fsp3) is 0.923. The molecule has 1 unspecified atom stereocenters. The molecule has 1 rings (SSSR count). The van der Waals surface area contributed by atoms with Crippen LogP contribution in [0.25, 0.3) is 0 Å². The van der Waals surface area contributed by atoms with Crippen LogP contribution in [0.4, 0.5) is 0 Å². The summed E-state index contributed by atoms with van der Waals surface area (Å²) in [4.78, 5) is 13.3. The van der Waals surface area contributed by atoms with Gasteiger partial charge in [-0.1, -0.05) is 6.92 Å². The molecule has 5 nitrogen and oxygen atoms in total. The molecule has 1 atom stereocenters. The van der Waals surface area contributed by atoms with Crippen LogP contribution in [0.2, 0.25) is 0 Å². The highest BCUT2D eigenvalue weighted by Crippen LogP contribution is 2.28.